The molecule has 0 saturated heterocycles. The standard InChI is InChI=1S/C25H28FN5O/c1-6-25(16-9-7-8-15(10-16)17-13-31(5)30-14(17)2)18-12-27-29-23(18)28-21-20(25)19(32)11-24(3,4)22(21)26/h7-10,12-13,22-23,28H,6,11H2,1-5H3/t22-,23?,25+/m0/s1. The third kappa shape index (κ3) is 2.76. The van der Waals surface area contributed by atoms with Crippen LogP contribution in [0.1, 0.15) is 44.9 Å². The average molecular weight is 434 g/mol. The minimum atomic E-state index is -1.28. The van der Waals surface area contributed by atoms with Crippen LogP contribution in [-0.2, 0) is 17.3 Å². The molecule has 1 aliphatic carbocycles. The Morgan fingerprint density at radius 3 is 2.78 bits per heavy atom. The van der Waals surface area contributed by atoms with Gasteiger partial charge in [0.1, 0.15) is 6.17 Å². The molecule has 3 aliphatic rings. The Morgan fingerprint density at radius 1 is 1.31 bits per heavy atom. The molecule has 6 nitrogen and oxygen atoms in total. The molecule has 1 aromatic carbocycles. The topological polar surface area (TPSA) is 71.6 Å². The van der Waals surface area contributed by atoms with Gasteiger partial charge >= 0.3 is 0 Å². The summed E-state index contributed by atoms with van der Waals surface area (Å²) in [5.74, 6) is -0.0116. The number of azo groups is 1. The lowest BCUT2D eigenvalue weighted by Gasteiger charge is -2.49. The zero-order chi connectivity index (χ0) is 22.8. The second-order valence-electron chi connectivity index (χ2n) is 9.74. The van der Waals surface area contributed by atoms with E-state index in [1.54, 1.807) is 10.9 Å². The molecule has 7 heteroatoms. The van der Waals surface area contributed by atoms with Gasteiger partial charge in [-0.2, -0.15) is 15.3 Å². The number of carbonyl (C=O) groups is 1. The maximum atomic E-state index is 15.7. The van der Waals surface area contributed by atoms with E-state index in [0.717, 1.165) is 28.0 Å². The Labute approximate surface area is 187 Å². The molecular weight excluding hydrogens is 405 g/mol. The summed E-state index contributed by atoms with van der Waals surface area (Å²) in [6.45, 7) is 7.65. The molecule has 2 aromatic rings. The molecule has 3 atom stereocenters. The second kappa shape index (κ2) is 6.95. The summed E-state index contributed by atoms with van der Waals surface area (Å²) in [7, 11) is 1.90. The Hall–Kier alpha value is -3.09. The lowest BCUT2D eigenvalue weighted by atomic mass is 9.58. The summed E-state index contributed by atoms with van der Waals surface area (Å²) in [5, 5.41) is 16.2. The largest absolute Gasteiger partial charge is 0.359 e. The van der Waals surface area contributed by atoms with Crippen molar-refractivity contribution < 1.29 is 9.18 Å². The van der Waals surface area contributed by atoms with Gasteiger partial charge in [0.25, 0.3) is 0 Å². The second-order valence-corrected chi connectivity index (χ2v) is 9.74. The number of nitrogens with one attached hydrogen (secondary N) is 1. The molecule has 0 saturated carbocycles. The van der Waals surface area contributed by atoms with Crippen molar-refractivity contribution in [1.82, 2.24) is 15.1 Å². The number of allylic oxidation sites excluding steroid dienone is 2. The minimum Gasteiger partial charge on any atom is -0.359 e. The summed E-state index contributed by atoms with van der Waals surface area (Å²) >= 11 is 0. The van der Waals surface area contributed by atoms with Crippen molar-refractivity contribution in [2.45, 2.75) is 58.3 Å². The van der Waals surface area contributed by atoms with E-state index in [9.17, 15) is 4.79 Å². The number of halogens is 1. The van der Waals surface area contributed by atoms with Crippen LogP contribution in [-0.4, -0.2) is 27.9 Å². The van der Waals surface area contributed by atoms with Crippen LogP contribution in [0, 0.1) is 12.3 Å². The molecule has 0 radical (unpaired) electrons. The molecule has 3 heterocycles. The van der Waals surface area contributed by atoms with Crippen LogP contribution in [0.15, 0.2) is 63.7 Å². The van der Waals surface area contributed by atoms with E-state index < -0.39 is 23.2 Å². The Morgan fingerprint density at radius 2 is 2.09 bits per heavy atom. The van der Waals surface area contributed by atoms with Crippen molar-refractivity contribution in [2.24, 2.45) is 22.7 Å². The first-order chi connectivity index (χ1) is 15.2. The number of alkyl halides is 1. The smallest absolute Gasteiger partial charge is 0.164 e. The van der Waals surface area contributed by atoms with Crippen LogP contribution >= 0.6 is 0 Å². The van der Waals surface area contributed by atoms with Gasteiger partial charge in [-0.3, -0.25) is 9.48 Å². The predicted octanol–water partition coefficient (Wildman–Crippen LogP) is 4.91. The predicted molar refractivity (Wildman–Crippen MR) is 121 cm³/mol. The Kier molecular flexibility index (Phi) is 4.52. The van der Waals surface area contributed by atoms with Gasteiger partial charge in [-0.25, -0.2) is 4.39 Å². The number of aryl methyl sites for hydroxylation is 2. The zero-order valence-corrected chi connectivity index (χ0v) is 19.1. The van der Waals surface area contributed by atoms with Gasteiger partial charge in [-0.05, 0) is 30.5 Å². The van der Waals surface area contributed by atoms with Gasteiger partial charge in [0.05, 0.1) is 23.0 Å². The molecule has 0 fully saturated rings. The van der Waals surface area contributed by atoms with Crippen LogP contribution in [0.25, 0.3) is 11.1 Å². The fraction of sp³-hybridized carbons (Fsp3) is 0.440. The molecular formula is C25H28FN5O. The average Bonchev–Trinajstić information content (AvgIpc) is 3.36. The summed E-state index contributed by atoms with van der Waals surface area (Å²) in [4.78, 5) is 13.6. The first-order valence-electron chi connectivity index (χ1n) is 11.1. The van der Waals surface area contributed by atoms with Crippen molar-refractivity contribution in [1.29, 1.82) is 0 Å². The third-order valence-corrected chi connectivity index (χ3v) is 7.20. The van der Waals surface area contributed by atoms with Crippen LogP contribution in [0.3, 0.4) is 0 Å². The van der Waals surface area contributed by atoms with Gasteiger partial charge < -0.3 is 5.32 Å². The molecule has 32 heavy (non-hydrogen) atoms. The molecule has 0 amide bonds. The highest BCUT2D eigenvalue weighted by Gasteiger charge is 2.56. The maximum absolute atomic E-state index is 15.7. The number of fused-ring (bicyclic) bond motifs is 1. The third-order valence-electron chi connectivity index (χ3n) is 7.20. The first-order valence-corrected chi connectivity index (χ1v) is 11.1. The Bertz CT molecular complexity index is 1220. The highest BCUT2D eigenvalue weighted by molar-refractivity contribution is 6.02. The number of benzene rings is 1. The van der Waals surface area contributed by atoms with E-state index in [2.05, 4.69) is 33.6 Å². The SMILES string of the molecule is CC[C@@]1(c2cccc(-c3cn(C)nc3C)c2)C2=CN=NC2NC2=C1C(=O)CC(C)(C)[C@H]2F. The van der Waals surface area contributed by atoms with Crippen LogP contribution in [0.5, 0.6) is 0 Å². The number of hydrogen-bond acceptors (Lipinski definition) is 5. The number of Topliss-reactive ketones (excluding diaryl/α,β-unsaturated/α-hetero) is 1. The summed E-state index contributed by atoms with van der Waals surface area (Å²) < 4.78 is 17.5. The molecule has 1 aromatic heterocycles. The summed E-state index contributed by atoms with van der Waals surface area (Å²) in [6.07, 6.45) is 2.78. The molecule has 2 aliphatic heterocycles. The molecule has 0 bridgehead atoms. The number of hydrogen-bond donors (Lipinski definition) is 1. The highest BCUT2D eigenvalue weighted by atomic mass is 19.1. The van der Waals surface area contributed by atoms with Gasteiger partial charge in [-0.15, -0.1) is 0 Å². The number of nitrogens with zero attached hydrogens (tertiary/aromatic N) is 4. The summed E-state index contributed by atoms with van der Waals surface area (Å²) in [6, 6.07) is 8.19. The number of aromatic nitrogens is 2. The van der Waals surface area contributed by atoms with Crippen LogP contribution in [0.4, 0.5) is 4.39 Å². The maximum Gasteiger partial charge on any atom is 0.164 e. The Balaban J connectivity index is 1.77. The normalized spacial score (nSPS) is 28.3. The van der Waals surface area contributed by atoms with Crippen LogP contribution < -0.4 is 5.32 Å². The van der Waals surface area contributed by atoms with Crippen molar-refractivity contribution >= 4 is 5.78 Å². The van der Waals surface area contributed by atoms with E-state index in [-0.39, 0.29) is 12.2 Å². The number of carbonyl (C=O) groups excluding carboxylic acids is 1. The van der Waals surface area contributed by atoms with E-state index in [1.807, 2.05) is 52.2 Å². The van der Waals surface area contributed by atoms with Gasteiger partial charge in [-0.1, -0.05) is 39.0 Å². The highest BCUT2D eigenvalue weighted by Crippen LogP contribution is 2.54. The van der Waals surface area contributed by atoms with Crippen molar-refractivity contribution in [3.8, 4) is 11.1 Å². The zero-order valence-electron chi connectivity index (χ0n) is 19.1. The summed E-state index contributed by atoms with van der Waals surface area (Å²) in [5.41, 5.74) is 4.20. The molecule has 0 spiro atoms. The fourth-order valence-corrected chi connectivity index (χ4v) is 5.64. The van der Waals surface area contributed by atoms with E-state index in [4.69, 9.17) is 0 Å². The van der Waals surface area contributed by atoms with Gasteiger partial charge in [0.2, 0.25) is 0 Å². The van der Waals surface area contributed by atoms with Crippen molar-refractivity contribution in [2.75, 3.05) is 0 Å². The van der Waals surface area contributed by atoms with Crippen molar-refractivity contribution in [3.05, 3.63) is 64.8 Å². The molecule has 1 unspecified atom stereocenters. The molecule has 5 rings (SSSR count). The quantitative estimate of drug-likeness (QED) is 0.747. The number of rotatable bonds is 3. The lowest BCUT2D eigenvalue weighted by molar-refractivity contribution is -0.120. The monoisotopic (exact) mass is 433 g/mol. The van der Waals surface area contributed by atoms with E-state index in [1.165, 1.54) is 0 Å². The minimum absolute atomic E-state index is 0.0116. The number of ketones is 1. The van der Waals surface area contributed by atoms with Crippen molar-refractivity contribution in [3.63, 3.8) is 0 Å². The van der Waals surface area contributed by atoms with Gasteiger partial charge in [0.15, 0.2) is 11.9 Å². The van der Waals surface area contributed by atoms with E-state index >= 15 is 4.39 Å². The van der Waals surface area contributed by atoms with Gasteiger partial charge in [0, 0.05) is 41.8 Å². The van der Waals surface area contributed by atoms with E-state index in [0.29, 0.717) is 17.7 Å². The lowest BCUT2D eigenvalue weighted by Crippen LogP contribution is -2.55. The molecule has 166 valence electrons. The fourth-order valence-electron chi connectivity index (χ4n) is 5.64. The first kappa shape index (κ1) is 20.8. The molecule has 1 N–H and O–H groups in total. The van der Waals surface area contributed by atoms with Crippen LogP contribution in [0.2, 0.25) is 0 Å².